The molecule has 4 nitrogen and oxygen atoms in total. The molecule has 88 valence electrons. The van der Waals surface area contributed by atoms with Gasteiger partial charge in [0.1, 0.15) is 0 Å². The molecule has 0 fully saturated rings. The van der Waals surface area contributed by atoms with Crippen LogP contribution in [0.3, 0.4) is 0 Å². The van der Waals surface area contributed by atoms with Gasteiger partial charge in [0.25, 0.3) is 0 Å². The molecule has 2 rings (SSSR count). The summed E-state index contributed by atoms with van der Waals surface area (Å²) in [5, 5.41) is 8.75. The molecule has 1 atom stereocenters. The number of halogens is 2. The summed E-state index contributed by atoms with van der Waals surface area (Å²) in [7, 11) is 0. The predicted molar refractivity (Wildman–Crippen MR) is 57.6 cm³/mol. The van der Waals surface area contributed by atoms with E-state index in [2.05, 4.69) is 0 Å². The van der Waals surface area contributed by atoms with Gasteiger partial charge in [-0.15, -0.1) is 12.4 Å². The van der Waals surface area contributed by atoms with E-state index in [1.165, 1.54) is 6.07 Å². The minimum atomic E-state index is -1.17. The van der Waals surface area contributed by atoms with Gasteiger partial charge in [0, 0.05) is 18.0 Å². The first-order chi connectivity index (χ1) is 7.09. The summed E-state index contributed by atoms with van der Waals surface area (Å²) in [5.74, 6) is -1.76. The summed E-state index contributed by atoms with van der Waals surface area (Å²) in [6, 6.07) is 1.95. The van der Waals surface area contributed by atoms with Crippen LogP contribution in [0.2, 0.25) is 0 Å². The molecule has 1 aromatic carbocycles. The highest BCUT2D eigenvalue weighted by Crippen LogP contribution is 2.33. The molecule has 1 aliphatic heterocycles. The SMILES string of the molecule is Cl.N[C@@H]1CCOc2c(F)cc(C(=O)O)cc21. The molecule has 0 saturated heterocycles. The van der Waals surface area contributed by atoms with Crippen LogP contribution >= 0.6 is 12.4 Å². The van der Waals surface area contributed by atoms with Gasteiger partial charge in [0.05, 0.1) is 12.2 Å². The monoisotopic (exact) mass is 247 g/mol. The summed E-state index contributed by atoms with van der Waals surface area (Å²) in [6.45, 7) is 0.359. The molecule has 1 aromatic rings. The summed E-state index contributed by atoms with van der Waals surface area (Å²) in [6.07, 6.45) is 0.565. The van der Waals surface area contributed by atoms with E-state index >= 15 is 0 Å². The van der Waals surface area contributed by atoms with E-state index in [4.69, 9.17) is 15.6 Å². The van der Waals surface area contributed by atoms with Gasteiger partial charge in [-0.05, 0) is 12.1 Å². The molecular weight excluding hydrogens is 237 g/mol. The highest BCUT2D eigenvalue weighted by molar-refractivity contribution is 5.88. The summed E-state index contributed by atoms with van der Waals surface area (Å²) in [4.78, 5) is 10.7. The van der Waals surface area contributed by atoms with E-state index in [9.17, 15) is 9.18 Å². The first kappa shape index (κ1) is 12.7. The third-order valence-electron chi connectivity index (χ3n) is 2.39. The van der Waals surface area contributed by atoms with Crippen molar-refractivity contribution in [1.29, 1.82) is 0 Å². The van der Waals surface area contributed by atoms with Gasteiger partial charge in [-0.25, -0.2) is 9.18 Å². The second-order valence-electron chi connectivity index (χ2n) is 3.43. The maximum Gasteiger partial charge on any atom is 0.335 e. The Morgan fingerprint density at radius 3 is 2.88 bits per heavy atom. The number of carboxylic acid groups (broad SMARTS) is 1. The van der Waals surface area contributed by atoms with Crippen LogP contribution in [0.25, 0.3) is 0 Å². The first-order valence-electron chi connectivity index (χ1n) is 4.54. The van der Waals surface area contributed by atoms with Crippen molar-refractivity contribution in [3.8, 4) is 5.75 Å². The lowest BCUT2D eigenvalue weighted by atomic mass is 9.99. The molecule has 0 amide bonds. The summed E-state index contributed by atoms with van der Waals surface area (Å²) >= 11 is 0. The molecular formula is C10H11ClFNO3. The van der Waals surface area contributed by atoms with Crippen molar-refractivity contribution < 1.29 is 19.0 Å². The Kier molecular flexibility index (Phi) is 3.72. The molecule has 0 bridgehead atoms. The average Bonchev–Trinajstić information content (AvgIpc) is 2.19. The van der Waals surface area contributed by atoms with Crippen molar-refractivity contribution >= 4 is 18.4 Å². The van der Waals surface area contributed by atoms with Crippen molar-refractivity contribution in [3.63, 3.8) is 0 Å². The smallest absolute Gasteiger partial charge is 0.335 e. The fourth-order valence-electron chi connectivity index (χ4n) is 1.61. The molecule has 0 saturated carbocycles. The maximum absolute atomic E-state index is 13.4. The zero-order chi connectivity index (χ0) is 11.0. The molecule has 6 heteroatoms. The molecule has 0 radical (unpaired) electrons. The van der Waals surface area contributed by atoms with E-state index in [0.717, 1.165) is 6.07 Å². The largest absolute Gasteiger partial charge is 0.490 e. The van der Waals surface area contributed by atoms with Crippen LogP contribution in [-0.4, -0.2) is 17.7 Å². The van der Waals surface area contributed by atoms with Gasteiger partial charge < -0.3 is 15.6 Å². The zero-order valence-electron chi connectivity index (χ0n) is 8.27. The predicted octanol–water partition coefficient (Wildman–Crippen LogP) is 1.73. The lowest BCUT2D eigenvalue weighted by Gasteiger charge is -2.23. The van der Waals surface area contributed by atoms with Gasteiger partial charge in [-0.2, -0.15) is 0 Å². The minimum Gasteiger partial charge on any atom is -0.490 e. The number of carbonyl (C=O) groups is 1. The molecule has 0 unspecified atom stereocenters. The number of carboxylic acids is 1. The highest BCUT2D eigenvalue weighted by atomic mass is 35.5. The number of hydrogen-bond donors (Lipinski definition) is 2. The fourth-order valence-corrected chi connectivity index (χ4v) is 1.61. The normalized spacial score (nSPS) is 18.0. The second-order valence-corrected chi connectivity index (χ2v) is 3.43. The standard InChI is InChI=1S/C10H10FNO3.ClH/c11-7-4-5(10(13)14)3-6-8(12)1-2-15-9(6)7;/h3-4,8H,1-2,12H2,(H,13,14);1H/t8-;/m1./s1. The Labute approximate surface area is 97.6 Å². The van der Waals surface area contributed by atoms with Crippen LogP contribution < -0.4 is 10.5 Å². The molecule has 1 aliphatic rings. The van der Waals surface area contributed by atoms with Gasteiger partial charge in [-0.1, -0.05) is 0 Å². The number of hydrogen-bond acceptors (Lipinski definition) is 3. The third-order valence-corrected chi connectivity index (χ3v) is 2.39. The summed E-state index contributed by atoms with van der Waals surface area (Å²) < 4.78 is 18.5. The van der Waals surface area contributed by atoms with Crippen molar-refractivity contribution in [1.82, 2.24) is 0 Å². The van der Waals surface area contributed by atoms with Crippen LogP contribution in [0.15, 0.2) is 12.1 Å². The van der Waals surface area contributed by atoms with Crippen molar-refractivity contribution in [2.75, 3.05) is 6.61 Å². The van der Waals surface area contributed by atoms with E-state index in [0.29, 0.717) is 18.6 Å². The van der Waals surface area contributed by atoms with Gasteiger partial charge >= 0.3 is 5.97 Å². The highest BCUT2D eigenvalue weighted by Gasteiger charge is 2.23. The Morgan fingerprint density at radius 2 is 2.25 bits per heavy atom. The topological polar surface area (TPSA) is 72.5 Å². The molecule has 0 aromatic heterocycles. The van der Waals surface area contributed by atoms with Crippen molar-refractivity contribution in [2.24, 2.45) is 5.73 Å². The van der Waals surface area contributed by atoms with Crippen molar-refractivity contribution in [2.45, 2.75) is 12.5 Å². The van der Waals surface area contributed by atoms with Crippen molar-refractivity contribution in [3.05, 3.63) is 29.1 Å². The van der Waals surface area contributed by atoms with Crippen LogP contribution in [0.1, 0.15) is 28.4 Å². The van der Waals surface area contributed by atoms with E-state index in [1.54, 1.807) is 0 Å². The second kappa shape index (κ2) is 4.67. The molecule has 0 aliphatic carbocycles. The number of ether oxygens (including phenoxy) is 1. The fraction of sp³-hybridized carbons (Fsp3) is 0.300. The Morgan fingerprint density at radius 1 is 1.56 bits per heavy atom. The van der Waals surface area contributed by atoms with Crippen LogP contribution in [0.4, 0.5) is 4.39 Å². The van der Waals surface area contributed by atoms with Gasteiger partial charge in [-0.3, -0.25) is 0 Å². The Hall–Kier alpha value is -1.33. The Balaban J connectivity index is 0.00000128. The molecule has 16 heavy (non-hydrogen) atoms. The molecule has 0 spiro atoms. The van der Waals surface area contributed by atoms with Gasteiger partial charge in [0.15, 0.2) is 11.6 Å². The zero-order valence-corrected chi connectivity index (χ0v) is 9.09. The third kappa shape index (κ3) is 2.10. The number of aromatic carboxylic acids is 1. The van der Waals surface area contributed by atoms with Crippen LogP contribution in [-0.2, 0) is 0 Å². The number of benzene rings is 1. The maximum atomic E-state index is 13.4. The van der Waals surface area contributed by atoms with Crippen LogP contribution in [0.5, 0.6) is 5.75 Å². The van der Waals surface area contributed by atoms with E-state index in [1.807, 2.05) is 0 Å². The van der Waals surface area contributed by atoms with Crippen LogP contribution in [0, 0.1) is 5.82 Å². The lowest BCUT2D eigenvalue weighted by Crippen LogP contribution is -2.22. The summed E-state index contributed by atoms with van der Waals surface area (Å²) in [5.41, 5.74) is 6.07. The van der Waals surface area contributed by atoms with Gasteiger partial charge in [0.2, 0.25) is 0 Å². The van der Waals surface area contributed by atoms with E-state index < -0.39 is 11.8 Å². The number of nitrogens with two attached hydrogens (primary N) is 1. The molecule has 1 heterocycles. The first-order valence-corrected chi connectivity index (χ1v) is 4.54. The lowest BCUT2D eigenvalue weighted by molar-refractivity contribution is 0.0696. The minimum absolute atomic E-state index is 0. The Bertz CT molecular complexity index is 425. The number of rotatable bonds is 1. The number of fused-ring (bicyclic) bond motifs is 1. The molecule has 3 N–H and O–H groups in total. The average molecular weight is 248 g/mol. The quantitative estimate of drug-likeness (QED) is 0.793. The van der Waals surface area contributed by atoms with E-state index in [-0.39, 0.29) is 29.8 Å².